The van der Waals surface area contributed by atoms with Gasteiger partial charge in [0.1, 0.15) is 22.2 Å². The van der Waals surface area contributed by atoms with Crippen LogP contribution in [0.25, 0.3) is 0 Å². The van der Waals surface area contributed by atoms with E-state index in [0.29, 0.717) is 36.8 Å². The van der Waals surface area contributed by atoms with Crippen LogP contribution in [0.4, 0.5) is 4.39 Å². The van der Waals surface area contributed by atoms with Crippen LogP contribution in [0.15, 0.2) is 137 Å². The minimum absolute atomic E-state index is 0.0242. The van der Waals surface area contributed by atoms with Crippen molar-refractivity contribution in [1.29, 1.82) is 0 Å². The molecule has 0 fully saturated rings. The molecule has 5 aromatic rings. The molecule has 220 valence electrons. The number of halogens is 2. The summed E-state index contributed by atoms with van der Waals surface area (Å²) >= 11 is 6.14. The molecule has 0 saturated carbocycles. The molecule has 0 bridgehead atoms. The zero-order chi connectivity index (χ0) is 30.2. The molecule has 0 aromatic heterocycles. The van der Waals surface area contributed by atoms with E-state index >= 15 is 0 Å². The molecule has 5 rings (SSSR count). The molecular weight excluding hydrogens is 585 g/mol. The van der Waals surface area contributed by atoms with Crippen LogP contribution >= 0.6 is 11.6 Å². The molecule has 5 nitrogen and oxygen atoms in total. The first-order valence-electron chi connectivity index (χ1n) is 13.8. The molecule has 0 aliphatic heterocycles. The highest BCUT2D eigenvalue weighted by Gasteiger charge is 2.23. The highest BCUT2D eigenvalue weighted by Crippen LogP contribution is 2.33. The summed E-state index contributed by atoms with van der Waals surface area (Å²) in [6.45, 7) is 1.70. The molecule has 1 N–H and O–H groups in total. The zero-order valence-corrected chi connectivity index (χ0v) is 24.9. The number of aliphatic hydroxyl groups is 1. The summed E-state index contributed by atoms with van der Waals surface area (Å²) in [6, 6.07) is 35.9. The first-order chi connectivity index (χ1) is 20.8. The van der Waals surface area contributed by atoms with Gasteiger partial charge in [-0.25, -0.2) is 12.8 Å². The fourth-order valence-electron chi connectivity index (χ4n) is 4.78. The lowest BCUT2D eigenvalue weighted by Crippen LogP contribution is -2.30. The molecule has 1 atom stereocenters. The van der Waals surface area contributed by atoms with Crippen LogP contribution in [-0.4, -0.2) is 31.5 Å². The summed E-state index contributed by atoms with van der Waals surface area (Å²) in [6.07, 6.45) is -0.0632. The Morgan fingerprint density at radius 1 is 0.791 bits per heavy atom. The monoisotopic (exact) mass is 615 g/mol. The second-order valence-electron chi connectivity index (χ2n) is 10.2. The summed E-state index contributed by atoms with van der Waals surface area (Å²) in [7, 11) is -3.89. The van der Waals surface area contributed by atoms with E-state index < -0.39 is 21.8 Å². The lowest BCUT2D eigenvalue weighted by Gasteiger charge is -2.25. The van der Waals surface area contributed by atoms with E-state index in [1.807, 2.05) is 42.5 Å². The molecule has 0 aliphatic rings. The van der Waals surface area contributed by atoms with Gasteiger partial charge in [-0.1, -0.05) is 78.3 Å². The van der Waals surface area contributed by atoms with Crippen molar-refractivity contribution in [2.75, 3.05) is 13.1 Å². The van der Waals surface area contributed by atoms with E-state index in [2.05, 4.69) is 17.0 Å². The molecule has 0 saturated heterocycles. The van der Waals surface area contributed by atoms with E-state index in [-0.39, 0.29) is 15.5 Å². The molecule has 43 heavy (non-hydrogen) atoms. The standard InChI is InChI=1S/C35H31ClFNO4S/c36-29-10-6-9-28(23-29)33(39)25-38(24-27-7-2-1-3-8-27)22-21-26-13-19-32(20-14-26)43(40,41)35-12-5-4-11-34(35)42-31-17-15-30(37)16-18-31/h1-20,23,33,39H,21-22,24-25H2/t33-/m0/s1. The Labute approximate surface area is 256 Å². The summed E-state index contributed by atoms with van der Waals surface area (Å²) < 4.78 is 46.3. The van der Waals surface area contributed by atoms with Gasteiger partial charge in [0.2, 0.25) is 9.84 Å². The van der Waals surface area contributed by atoms with E-state index in [1.54, 1.807) is 42.5 Å². The van der Waals surface area contributed by atoms with Gasteiger partial charge in [0.15, 0.2) is 0 Å². The van der Waals surface area contributed by atoms with Crippen molar-refractivity contribution < 1.29 is 22.7 Å². The predicted octanol–water partition coefficient (Wildman–Crippen LogP) is 7.88. The Morgan fingerprint density at radius 2 is 1.49 bits per heavy atom. The molecule has 0 amide bonds. The fourth-order valence-corrected chi connectivity index (χ4v) is 6.36. The summed E-state index contributed by atoms with van der Waals surface area (Å²) in [5.41, 5.74) is 2.85. The Bertz CT molecular complexity index is 1750. The SMILES string of the molecule is O=S(=O)(c1ccc(CCN(Cc2ccccc2)C[C@H](O)c2cccc(Cl)c2)cc1)c1ccccc1Oc1ccc(F)cc1. The molecule has 0 radical (unpaired) electrons. The minimum Gasteiger partial charge on any atom is -0.456 e. The van der Waals surface area contributed by atoms with E-state index in [9.17, 15) is 17.9 Å². The van der Waals surface area contributed by atoms with Crippen LogP contribution < -0.4 is 4.74 Å². The average Bonchev–Trinajstić information content (AvgIpc) is 3.02. The maximum absolute atomic E-state index is 13.6. The third-order valence-electron chi connectivity index (χ3n) is 7.04. The third kappa shape index (κ3) is 8.09. The number of rotatable bonds is 12. The molecular formula is C35H31ClFNO4S. The van der Waals surface area contributed by atoms with Crippen LogP contribution in [-0.2, 0) is 22.8 Å². The molecule has 5 aromatic carbocycles. The lowest BCUT2D eigenvalue weighted by molar-refractivity contribution is 0.109. The van der Waals surface area contributed by atoms with Crippen molar-refractivity contribution in [2.45, 2.75) is 28.9 Å². The lowest BCUT2D eigenvalue weighted by atomic mass is 10.1. The van der Waals surface area contributed by atoms with Gasteiger partial charge < -0.3 is 9.84 Å². The quantitative estimate of drug-likeness (QED) is 0.155. The largest absolute Gasteiger partial charge is 0.456 e. The normalized spacial score (nSPS) is 12.3. The highest BCUT2D eigenvalue weighted by atomic mass is 35.5. The van der Waals surface area contributed by atoms with Crippen LogP contribution in [0.3, 0.4) is 0 Å². The number of ether oxygens (including phenoxy) is 1. The number of nitrogens with zero attached hydrogens (tertiary/aromatic N) is 1. The second kappa shape index (κ2) is 14.0. The minimum atomic E-state index is -3.89. The van der Waals surface area contributed by atoms with Crippen LogP contribution in [0.1, 0.15) is 22.8 Å². The zero-order valence-electron chi connectivity index (χ0n) is 23.3. The number of hydrogen-bond donors (Lipinski definition) is 1. The van der Waals surface area contributed by atoms with Crippen molar-refractivity contribution >= 4 is 21.4 Å². The van der Waals surface area contributed by atoms with Crippen LogP contribution in [0, 0.1) is 5.82 Å². The van der Waals surface area contributed by atoms with Gasteiger partial charge in [-0.2, -0.15) is 0 Å². The number of aliphatic hydroxyl groups excluding tert-OH is 1. The van der Waals surface area contributed by atoms with E-state index in [0.717, 1.165) is 16.7 Å². The Balaban J connectivity index is 1.30. The summed E-state index contributed by atoms with van der Waals surface area (Å²) in [4.78, 5) is 2.34. The van der Waals surface area contributed by atoms with Crippen molar-refractivity contribution in [3.8, 4) is 11.5 Å². The maximum Gasteiger partial charge on any atom is 0.210 e. The number of sulfone groups is 1. The van der Waals surface area contributed by atoms with Crippen molar-refractivity contribution in [1.82, 2.24) is 4.90 Å². The van der Waals surface area contributed by atoms with Crippen molar-refractivity contribution in [3.05, 3.63) is 155 Å². The van der Waals surface area contributed by atoms with Crippen LogP contribution in [0.2, 0.25) is 5.02 Å². The van der Waals surface area contributed by atoms with Gasteiger partial charge in [0.25, 0.3) is 0 Å². The first kappa shape index (κ1) is 30.4. The number of hydrogen-bond acceptors (Lipinski definition) is 5. The fraction of sp³-hybridized carbons (Fsp3) is 0.143. The van der Waals surface area contributed by atoms with E-state index in [4.69, 9.17) is 16.3 Å². The molecule has 8 heteroatoms. The smallest absolute Gasteiger partial charge is 0.210 e. The second-order valence-corrected chi connectivity index (χ2v) is 12.5. The predicted molar refractivity (Wildman–Crippen MR) is 167 cm³/mol. The Morgan fingerprint density at radius 3 is 2.21 bits per heavy atom. The van der Waals surface area contributed by atoms with Crippen molar-refractivity contribution in [2.24, 2.45) is 0 Å². The van der Waals surface area contributed by atoms with Gasteiger partial charge in [-0.05, 0) is 83.8 Å². The Kier molecular flexibility index (Phi) is 9.89. The Hall–Kier alpha value is -4.01. The van der Waals surface area contributed by atoms with Crippen LogP contribution in [0.5, 0.6) is 11.5 Å². The summed E-state index contributed by atoms with van der Waals surface area (Å²) in [5, 5.41) is 11.5. The van der Waals surface area contributed by atoms with Gasteiger partial charge >= 0.3 is 0 Å². The molecule has 0 unspecified atom stereocenters. The summed E-state index contributed by atoms with van der Waals surface area (Å²) in [5.74, 6) is 0.0850. The molecule has 0 aliphatic carbocycles. The van der Waals surface area contributed by atoms with Gasteiger partial charge in [-0.3, -0.25) is 4.90 Å². The topological polar surface area (TPSA) is 66.8 Å². The molecule has 0 heterocycles. The molecule has 0 spiro atoms. The van der Waals surface area contributed by atoms with E-state index in [1.165, 1.54) is 30.3 Å². The average molecular weight is 616 g/mol. The van der Waals surface area contributed by atoms with Gasteiger partial charge in [-0.15, -0.1) is 0 Å². The highest BCUT2D eigenvalue weighted by molar-refractivity contribution is 7.91. The first-order valence-corrected chi connectivity index (χ1v) is 15.7. The maximum atomic E-state index is 13.6. The van der Waals surface area contributed by atoms with Crippen molar-refractivity contribution in [3.63, 3.8) is 0 Å². The van der Waals surface area contributed by atoms with Gasteiger partial charge in [0.05, 0.1) is 11.0 Å². The number of para-hydroxylation sites is 1. The number of benzene rings is 5. The van der Waals surface area contributed by atoms with Gasteiger partial charge in [0, 0.05) is 24.7 Å². The third-order valence-corrected chi connectivity index (χ3v) is 9.09.